The van der Waals surface area contributed by atoms with E-state index < -0.39 is 5.91 Å². The first-order valence-electron chi connectivity index (χ1n) is 9.13. The summed E-state index contributed by atoms with van der Waals surface area (Å²) in [5.74, 6) is -0.572. The van der Waals surface area contributed by atoms with Crippen molar-refractivity contribution in [2.45, 2.75) is 12.5 Å². The van der Waals surface area contributed by atoms with Crippen LogP contribution in [0, 0.1) is 0 Å². The number of phenols is 1. The van der Waals surface area contributed by atoms with Crippen molar-refractivity contribution in [3.8, 4) is 11.5 Å². The summed E-state index contributed by atoms with van der Waals surface area (Å²) < 4.78 is 5.59. The van der Waals surface area contributed by atoms with Gasteiger partial charge in [-0.15, -0.1) is 0 Å². The number of aromatic amines is 1. The van der Waals surface area contributed by atoms with Gasteiger partial charge >= 0.3 is 0 Å². The van der Waals surface area contributed by atoms with E-state index in [9.17, 15) is 14.7 Å². The predicted octanol–water partition coefficient (Wildman–Crippen LogP) is 1.77. The number of imidazole rings is 1. The van der Waals surface area contributed by atoms with Gasteiger partial charge in [0.2, 0.25) is 0 Å². The van der Waals surface area contributed by atoms with Crippen LogP contribution in [0.3, 0.4) is 0 Å². The third-order valence-corrected chi connectivity index (χ3v) is 4.96. The molecule has 8 heteroatoms. The van der Waals surface area contributed by atoms with Gasteiger partial charge in [-0.05, 0) is 29.8 Å². The second kappa shape index (κ2) is 7.67. The molecule has 0 fully saturated rings. The van der Waals surface area contributed by atoms with E-state index in [0.29, 0.717) is 13.1 Å². The lowest BCUT2D eigenvalue weighted by Crippen LogP contribution is -2.41. The summed E-state index contributed by atoms with van der Waals surface area (Å²) in [5.41, 5.74) is 8.16. The van der Waals surface area contributed by atoms with Gasteiger partial charge in [-0.25, -0.2) is 4.98 Å². The number of fused-ring (bicyclic) bond motifs is 1. The molecule has 1 aromatic heterocycles. The number of hydrogen-bond donors (Lipinski definition) is 3. The van der Waals surface area contributed by atoms with E-state index in [-0.39, 0.29) is 35.5 Å². The maximum absolute atomic E-state index is 12.8. The van der Waals surface area contributed by atoms with Crippen molar-refractivity contribution in [3.63, 3.8) is 0 Å². The van der Waals surface area contributed by atoms with Crippen LogP contribution in [0.4, 0.5) is 0 Å². The Morgan fingerprint density at radius 1 is 1.24 bits per heavy atom. The average molecular weight is 392 g/mol. The molecule has 2 heterocycles. The second-order valence-corrected chi connectivity index (χ2v) is 6.84. The molecule has 8 nitrogen and oxygen atoms in total. The Bertz CT molecular complexity index is 1060. The maximum Gasteiger partial charge on any atom is 0.260 e. The Balaban J connectivity index is 1.52. The quantitative estimate of drug-likeness (QED) is 0.611. The van der Waals surface area contributed by atoms with Crippen LogP contribution < -0.4 is 10.5 Å². The standard InChI is InChI=1S/C21H20N4O4/c22-21(28)15-6-1-2-7-18(15)29-11-19(27)25-9-16(13-4-3-5-14(26)8-13)20-17(10-25)23-12-24-20/h1-8,12,16,26H,9-11H2,(H2,22,28)(H,23,24). The van der Waals surface area contributed by atoms with Gasteiger partial charge in [0, 0.05) is 12.5 Å². The fourth-order valence-corrected chi connectivity index (χ4v) is 3.54. The Hall–Kier alpha value is -3.81. The average Bonchev–Trinajstić information content (AvgIpc) is 3.20. The number of aromatic hydroxyl groups is 1. The van der Waals surface area contributed by atoms with Gasteiger partial charge in [0.1, 0.15) is 11.5 Å². The minimum atomic E-state index is -0.614. The van der Waals surface area contributed by atoms with Crippen molar-refractivity contribution in [2.24, 2.45) is 5.73 Å². The molecule has 1 aliphatic rings. The third-order valence-electron chi connectivity index (χ3n) is 4.96. The van der Waals surface area contributed by atoms with E-state index in [2.05, 4.69) is 9.97 Å². The first-order chi connectivity index (χ1) is 14.0. The summed E-state index contributed by atoms with van der Waals surface area (Å²) in [4.78, 5) is 33.5. The number of phenolic OH excluding ortho intramolecular Hbond substituents is 1. The van der Waals surface area contributed by atoms with Crippen LogP contribution >= 0.6 is 0 Å². The Kier molecular flexibility index (Phi) is 4.90. The molecule has 29 heavy (non-hydrogen) atoms. The van der Waals surface area contributed by atoms with Crippen LogP contribution in [0.5, 0.6) is 11.5 Å². The molecule has 1 atom stereocenters. The largest absolute Gasteiger partial charge is 0.508 e. The van der Waals surface area contributed by atoms with Crippen molar-refractivity contribution in [2.75, 3.05) is 13.2 Å². The molecule has 1 unspecified atom stereocenters. The number of nitrogens with two attached hydrogens (primary N) is 1. The van der Waals surface area contributed by atoms with Crippen LogP contribution in [0.2, 0.25) is 0 Å². The van der Waals surface area contributed by atoms with Crippen molar-refractivity contribution >= 4 is 11.8 Å². The van der Waals surface area contributed by atoms with Gasteiger partial charge in [0.15, 0.2) is 6.61 Å². The van der Waals surface area contributed by atoms with Gasteiger partial charge in [0.05, 0.1) is 29.8 Å². The van der Waals surface area contributed by atoms with E-state index in [1.54, 1.807) is 53.7 Å². The number of ether oxygens (including phenoxy) is 1. The third kappa shape index (κ3) is 3.77. The summed E-state index contributed by atoms with van der Waals surface area (Å²) in [7, 11) is 0. The predicted molar refractivity (Wildman–Crippen MR) is 104 cm³/mol. The Morgan fingerprint density at radius 3 is 2.86 bits per heavy atom. The SMILES string of the molecule is NC(=O)c1ccccc1OCC(=O)N1Cc2[nH]cnc2C(c2cccc(O)c2)C1. The molecule has 2 aromatic carbocycles. The molecule has 3 aromatic rings. The van der Waals surface area contributed by atoms with E-state index in [1.165, 1.54) is 0 Å². The normalized spacial score (nSPS) is 15.6. The molecule has 2 amide bonds. The molecule has 0 radical (unpaired) electrons. The number of carbonyl (C=O) groups excluding carboxylic acids is 2. The number of hydrogen-bond acceptors (Lipinski definition) is 5. The van der Waals surface area contributed by atoms with Crippen LogP contribution in [0.15, 0.2) is 54.9 Å². The van der Waals surface area contributed by atoms with Crippen molar-refractivity contribution in [1.29, 1.82) is 0 Å². The van der Waals surface area contributed by atoms with Crippen LogP contribution in [-0.2, 0) is 11.3 Å². The Morgan fingerprint density at radius 2 is 2.07 bits per heavy atom. The fourth-order valence-electron chi connectivity index (χ4n) is 3.54. The maximum atomic E-state index is 12.8. The van der Waals surface area contributed by atoms with Crippen molar-refractivity contribution < 1.29 is 19.4 Å². The molecule has 0 aliphatic carbocycles. The van der Waals surface area contributed by atoms with E-state index in [4.69, 9.17) is 10.5 Å². The lowest BCUT2D eigenvalue weighted by molar-refractivity contribution is -0.134. The lowest BCUT2D eigenvalue weighted by Gasteiger charge is -2.32. The minimum absolute atomic E-state index is 0.162. The van der Waals surface area contributed by atoms with Gasteiger partial charge in [-0.3, -0.25) is 9.59 Å². The molecule has 0 saturated carbocycles. The summed E-state index contributed by atoms with van der Waals surface area (Å²) in [6, 6.07) is 13.5. The number of rotatable bonds is 5. The second-order valence-electron chi connectivity index (χ2n) is 6.84. The molecular formula is C21H20N4O4. The van der Waals surface area contributed by atoms with Crippen LogP contribution in [-0.4, -0.2) is 44.9 Å². The number of amides is 2. The van der Waals surface area contributed by atoms with Gasteiger partial charge in [-0.2, -0.15) is 0 Å². The number of aromatic nitrogens is 2. The topological polar surface area (TPSA) is 122 Å². The zero-order valence-electron chi connectivity index (χ0n) is 15.5. The number of para-hydroxylation sites is 1. The zero-order chi connectivity index (χ0) is 20.4. The van der Waals surface area contributed by atoms with E-state index in [1.807, 2.05) is 6.07 Å². The number of nitrogens with zero attached hydrogens (tertiary/aromatic N) is 2. The number of primary amides is 1. The Labute approximate surface area is 166 Å². The van der Waals surface area contributed by atoms with Crippen LogP contribution in [0.1, 0.15) is 33.2 Å². The lowest BCUT2D eigenvalue weighted by atomic mass is 9.90. The van der Waals surface area contributed by atoms with Crippen molar-refractivity contribution in [1.82, 2.24) is 14.9 Å². The number of nitrogens with one attached hydrogen (secondary N) is 1. The van der Waals surface area contributed by atoms with Gasteiger partial charge in [0.25, 0.3) is 11.8 Å². The monoisotopic (exact) mass is 392 g/mol. The molecular weight excluding hydrogens is 372 g/mol. The molecule has 4 rings (SSSR count). The molecule has 1 aliphatic heterocycles. The first kappa shape index (κ1) is 18.5. The highest BCUT2D eigenvalue weighted by Gasteiger charge is 2.31. The highest BCUT2D eigenvalue weighted by molar-refractivity contribution is 5.95. The molecule has 4 N–H and O–H groups in total. The first-order valence-corrected chi connectivity index (χ1v) is 9.13. The number of carbonyl (C=O) groups is 2. The van der Waals surface area contributed by atoms with Crippen molar-refractivity contribution in [3.05, 3.63) is 77.4 Å². The summed E-state index contributed by atoms with van der Waals surface area (Å²) in [6.45, 7) is 0.561. The fraction of sp³-hybridized carbons (Fsp3) is 0.190. The van der Waals surface area contributed by atoms with Gasteiger partial charge in [-0.1, -0.05) is 24.3 Å². The number of H-pyrrole nitrogens is 1. The molecule has 0 spiro atoms. The van der Waals surface area contributed by atoms with E-state index >= 15 is 0 Å². The smallest absolute Gasteiger partial charge is 0.260 e. The molecule has 148 valence electrons. The summed E-state index contributed by atoms with van der Waals surface area (Å²) in [5, 5.41) is 9.83. The number of benzene rings is 2. The molecule has 0 saturated heterocycles. The highest BCUT2D eigenvalue weighted by atomic mass is 16.5. The minimum Gasteiger partial charge on any atom is -0.508 e. The molecule has 0 bridgehead atoms. The highest BCUT2D eigenvalue weighted by Crippen LogP contribution is 2.33. The van der Waals surface area contributed by atoms with Crippen LogP contribution in [0.25, 0.3) is 0 Å². The summed E-state index contributed by atoms with van der Waals surface area (Å²) in [6.07, 6.45) is 1.61. The summed E-state index contributed by atoms with van der Waals surface area (Å²) >= 11 is 0. The van der Waals surface area contributed by atoms with Gasteiger partial charge < -0.3 is 25.5 Å². The zero-order valence-corrected chi connectivity index (χ0v) is 15.5. The van der Waals surface area contributed by atoms with E-state index in [0.717, 1.165) is 17.0 Å².